The highest BCUT2D eigenvalue weighted by Gasteiger charge is 2.02. The number of nitrogens with one attached hydrogen (secondary N) is 1. The Hall–Kier alpha value is -0.650. The van der Waals surface area contributed by atoms with E-state index >= 15 is 0 Å². The second-order valence-electron chi connectivity index (χ2n) is 4.29. The molecule has 19 heavy (non-hydrogen) atoms. The SMILES string of the molecule is C=CCNCC=C.CCCCCCCCS(=O)(=O)O. The first kappa shape index (κ1) is 20.7. The molecule has 0 aromatic heterocycles. The molecule has 0 saturated carbocycles. The summed E-state index contributed by atoms with van der Waals surface area (Å²) in [5.74, 6) is -0.0842. The van der Waals surface area contributed by atoms with E-state index in [9.17, 15) is 8.42 Å². The van der Waals surface area contributed by atoms with Crippen LogP contribution in [-0.2, 0) is 10.1 Å². The summed E-state index contributed by atoms with van der Waals surface area (Å²) >= 11 is 0. The van der Waals surface area contributed by atoms with Crippen molar-refractivity contribution in [2.45, 2.75) is 45.4 Å². The third-order valence-corrected chi connectivity index (χ3v) is 3.14. The molecule has 0 fully saturated rings. The Bertz CT molecular complexity index is 292. The minimum Gasteiger partial charge on any atom is -0.310 e. The molecule has 0 atom stereocenters. The van der Waals surface area contributed by atoms with Gasteiger partial charge in [-0.2, -0.15) is 8.42 Å². The van der Waals surface area contributed by atoms with E-state index in [0.717, 1.165) is 25.9 Å². The smallest absolute Gasteiger partial charge is 0.264 e. The predicted octanol–water partition coefficient (Wildman–Crippen LogP) is 3.18. The number of hydrogen-bond donors (Lipinski definition) is 2. The second-order valence-corrected chi connectivity index (χ2v) is 5.86. The molecule has 0 unspecified atom stereocenters. The molecule has 0 bridgehead atoms. The van der Waals surface area contributed by atoms with Crippen LogP contribution in [-0.4, -0.2) is 31.8 Å². The van der Waals surface area contributed by atoms with Gasteiger partial charge in [0, 0.05) is 13.1 Å². The van der Waals surface area contributed by atoms with Crippen LogP contribution >= 0.6 is 0 Å². The van der Waals surface area contributed by atoms with Crippen molar-refractivity contribution in [2.75, 3.05) is 18.8 Å². The number of unbranched alkanes of at least 4 members (excludes halogenated alkanes) is 5. The summed E-state index contributed by atoms with van der Waals surface area (Å²) in [6, 6.07) is 0. The first-order valence-electron chi connectivity index (χ1n) is 6.85. The molecular weight excluding hydrogens is 262 g/mol. The fourth-order valence-corrected chi connectivity index (χ4v) is 1.92. The van der Waals surface area contributed by atoms with Crippen LogP contribution in [0, 0.1) is 0 Å². The van der Waals surface area contributed by atoms with Crippen LogP contribution in [0.1, 0.15) is 45.4 Å². The molecule has 5 heteroatoms. The van der Waals surface area contributed by atoms with Gasteiger partial charge in [-0.25, -0.2) is 0 Å². The van der Waals surface area contributed by atoms with Gasteiger partial charge in [0.25, 0.3) is 10.1 Å². The van der Waals surface area contributed by atoms with Crippen molar-refractivity contribution < 1.29 is 13.0 Å². The number of hydrogen-bond acceptors (Lipinski definition) is 3. The lowest BCUT2D eigenvalue weighted by Gasteiger charge is -1.98. The molecule has 114 valence electrons. The van der Waals surface area contributed by atoms with Crippen molar-refractivity contribution >= 4 is 10.1 Å². The van der Waals surface area contributed by atoms with Gasteiger partial charge in [-0.3, -0.25) is 4.55 Å². The third kappa shape index (κ3) is 26.8. The van der Waals surface area contributed by atoms with Gasteiger partial charge < -0.3 is 5.32 Å². The van der Waals surface area contributed by atoms with Gasteiger partial charge in [-0.1, -0.05) is 51.2 Å². The Morgan fingerprint density at radius 3 is 1.89 bits per heavy atom. The highest BCUT2D eigenvalue weighted by atomic mass is 32.2. The molecular formula is C14H29NO3S. The Balaban J connectivity index is 0. The van der Waals surface area contributed by atoms with Crippen molar-refractivity contribution in [3.8, 4) is 0 Å². The zero-order valence-corrected chi connectivity index (χ0v) is 12.9. The fraction of sp³-hybridized carbons (Fsp3) is 0.714. The summed E-state index contributed by atoms with van der Waals surface area (Å²) in [5, 5.41) is 3.05. The van der Waals surface area contributed by atoms with E-state index in [-0.39, 0.29) is 5.75 Å². The summed E-state index contributed by atoms with van der Waals surface area (Å²) in [4.78, 5) is 0. The van der Waals surface area contributed by atoms with Gasteiger partial charge in [-0.15, -0.1) is 13.2 Å². The lowest BCUT2D eigenvalue weighted by molar-refractivity contribution is 0.478. The van der Waals surface area contributed by atoms with Crippen LogP contribution in [0.3, 0.4) is 0 Å². The summed E-state index contributed by atoms with van der Waals surface area (Å²) in [6.45, 7) is 10.9. The van der Waals surface area contributed by atoms with E-state index in [1.807, 2.05) is 12.2 Å². The summed E-state index contributed by atoms with van der Waals surface area (Å²) < 4.78 is 28.9. The van der Waals surface area contributed by atoms with Gasteiger partial charge in [0.1, 0.15) is 0 Å². The van der Waals surface area contributed by atoms with E-state index in [1.54, 1.807) is 0 Å². The van der Waals surface area contributed by atoms with Gasteiger partial charge in [0.15, 0.2) is 0 Å². The van der Waals surface area contributed by atoms with E-state index in [4.69, 9.17) is 4.55 Å². The maximum absolute atomic E-state index is 10.3. The van der Waals surface area contributed by atoms with Gasteiger partial charge in [-0.05, 0) is 6.42 Å². The normalized spacial score (nSPS) is 10.4. The molecule has 0 aliphatic rings. The van der Waals surface area contributed by atoms with Gasteiger partial charge >= 0.3 is 0 Å². The minimum atomic E-state index is -3.72. The molecule has 0 heterocycles. The maximum Gasteiger partial charge on any atom is 0.264 e. The fourth-order valence-electron chi connectivity index (χ4n) is 1.35. The maximum atomic E-state index is 10.3. The van der Waals surface area contributed by atoms with Crippen molar-refractivity contribution in [3.05, 3.63) is 25.3 Å². The number of rotatable bonds is 11. The minimum absolute atomic E-state index is 0.0842. The molecule has 0 aliphatic heterocycles. The molecule has 0 aromatic carbocycles. The van der Waals surface area contributed by atoms with Crippen LogP contribution < -0.4 is 5.32 Å². The largest absolute Gasteiger partial charge is 0.310 e. The van der Waals surface area contributed by atoms with E-state index < -0.39 is 10.1 Å². The van der Waals surface area contributed by atoms with Crippen molar-refractivity contribution in [3.63, 3.8) is 0 Å². The van der Waals surface area contributed by atoms with Crippen LogP contribution in [0.2, 0.25) is 0 Å². The highest BCUT2D eigenvalue weighted by molar-refractivity contribution is 7.85. The van der Waals surface area contributed by atoms with Gasteiger partial charge in [0.05, 0.1) is 5.75 Å². The average molecular weight is 291 g/mol. The molecule has 0 aromatic rings. The Labute approximate surface area is 118 Å². The van der Waals surface area contributed by atoms with E-state index in [1.165, 1.54) is 19.3 Å². The average Bonchev–Trinajstić information content (AvgIpc) is 2.34. The van der Waals surface area contributed by atoms with E-state index in [2.05, 4.69) is 25.4 Å². The summed E-state index contributed by atoms with van der Waals surface area (Å²) in [7, 11) is -3.72. The highest BCUT2D eigenvalue weighted by Crippen LogP contribution is 2.05. The Morgan fingerprint density at radius 1 is 1.00 bits per heavy atom. The molecule has 0 amide bonds. The summed E-state index contributed by atoms with van der Waals surface area (Å²) in [6.07, 6.45) is 9.78. The molecule has 2 N–H and O–H groups in total. The Morgan fingerprint density at radius 2 is 1.47 bits per heavy atom. The van der Waals surface area contributed by atoms with Crippen molar-refractivity contribution in [1.82, 2.24) is 5.32 Å². The first-order chi connectivity index (χ1) is 8.97. The zero-order chi connectivity index (χ0) is 15.0. The van der Waals surface area contributed by atoms with E-state index in [0.29, 0.717) is 6.42 Å². The summed E-state index contributed by atoms with van der Waals surface area (Å²) in [5.41, 5.74) is 0. The van der Waals surface area contributed by atoms with Crippen LogP contribution in [0.4, 0.5) is 0 Å². The lowest BCUT2D eigenvalue weighted by Crippen LogP contribution is -2.11. The molecule has 0 radical (unpaired) electrons. The van der Waals surface area contributed by atoms with Crippen LogP contribution in [0.5, 0.6) is 0 Å². The predicted molar refractivity (Wildman–Crippen MR) is 83.1 cm³/mol. The molecule has 0 rings (SSSR count). The molecule has 0 saturated heterocycles. The second kappa shape index (κ2) is 15.4. The van der Waals surface area contributed by atoms with Gasteiger partial charge in [0.2, 0.25) is 0 Å². The first-order valence-corrected chi connectivity index (χ1v) is 8.46. The molecule has 4 nitrogen and oxygen atoms in total. The quantitative estimate of drug-likeness (QED) is 0.348. The third-order valence-electron chi connectivity index (χ3n) is 2.33. The van der Waals surface area contributed by atoms with Crippen molar-refractivity contribution in [1.29, 1.82) is 0 Å². The monoisotopic (exact) mass is 291 g/mol. The van der Waals surface area contributed by atoms with Crippen LogP contribution in [0.15, 0.2) is 25.3 Å². The standard InChI is InChI=1S/C8H18O3S.C6H11N/c1-2-3-4-5-6-7-8-12(9,10)11;1-3-5-7-6-4-2/h2-8H2,1H3,(H,9,10,11);3-4,7H,1-2,5-6H2. The zero-order valence-electron chi connectivity index (χ0n) is 12.1. The molecule has 0 aliphatic carbocycles. The van der Waals surface area contributed by atoms with Crippen LogP contribution in [0.25, 0.3) is 0 Å². The topological polar surface area (TPSA) is 66.4 Å². The van der Waals surface area contributed by atoms with Crippen molar-refractivity contribution in [2.24, 2.45) is 0 Å². The molecule has 0 spiro atoms. The lowest BCUT2D eigenvalue weighted by atomic mass is 10.1. The Kier molecular flexibility index (Phi) is 16.8.